The Kier molecular flexibility index (Phi) is 4.38. The number of hydrogen-bond acceptors (Lipinski definition) is 4. The van der Waals surface area contributed by atoms with E-state index < -0.39 is 0 Å². The summed E-state index contributed by atoms with van der Waals surface area (Å²) in [7, 11) is 0. The van der Waals surface area contributed by atoms with Gasteiger partial charge in [-0.1, -0.05) is 0 Å². The smallest absolute Gasteiger partial charge is 0.0672 e. The number of hydrogen-bond donors (Lipinski definition) is 1. The Balaban J connectivity index is 1.70. The standard InChI is InChI=1S/C11H22N2O2/c1-10-7-12-11(9-15-10)8-13-3-2-5-14-6-4-13/h10-12H,2-9H2,1H3. The Morgan fingerprint density at radius 3 is 3.07 bits per heavy atom. The summed E-state index contributed by atoms with van der Waals surface area (Å²) in [4.78, 5) is 2.48. The Bertz CT molecular complexity index is 173. The molecule has 88 valence electrons. The summed E-state index contributed by atoms with van der Waals surface area (Å²) in [6.07, 6.45) is 1.53. The van der Waals surface area contributed by atoms with E-state index in [1.165, 1.54) is 0 Å². The van der Waals surface area contributed by atoms with Gasteiger partial charge in [-0.15, -0.1) is 0 Å². The van der Waals surface area contributed by atoms with Crippen LogP contribution in [0.3, 0.4) is 0 Å². The van der Waals surface area contributed by atoms with Crippen molar-refractivity contribution in [2.75, 3.05) is 46.0 Å². The fourth-order valence-corrected chi connectivity index (χ4v) is 2.14. The minimum absolute atomic E-state index is 0.369. The zero-order valence-corrected chi connectivity index (χ0v) is 9.58. The second kappa shape index (κ2) is 5.80. The van der Waals surface area contributed by atoms with Gasteiger partial charge in [0.25, 0.3) is 0 Å². The zero-order valence-electron chi connectivity index (χ0n) is 9.58. The number of nitrogens with zero attached hydrogens (tertiary/aromatic N) is 1. The maximum atomic E-state index is 5.64. The van der Waals surface area contributed by atoms with Crippen LogP contribution in [0.25, 0.3) is 0 Å². The summed E-state index contributed by atoms with van der Waals surface area (Å²) < 4.78 is 11.1. The molecule has 0 aliphatic carbocycles. The lowest BCUT2D eigenvalue weighted by Crippen LogP contribution is -2.51. The van der Waals surface area contributed by atoms with Gasteiger partial charge in [0.2, 0.25) is 0 Å². The van der Waals surface area contributed by atoms with Crippen LogP contribution < -0.4 is 5.32 Å². The topological polar surface area (TPSA) is 33.7 Å². The van der Waals surface area contributed by atoms with E-state index in [-0.39, 0.29) is 0 Å². The first-order valence-electron chi connectivity index (χ1n) is 5.99. The van der Waals surface area contributed by atoms with E-state index in [1.54, 1.807) is 0 Å². The first-order chi connectivity index (χ1) is 7.34. The van der Waals surface area contributed by atoms with E-state index in [9.17, 15) is 0 Å². The second-order valence-electron chi connectivity index (χ2n) is 4.52. The molecule has 2 aliphatic rings. The van der Waals surface area contributed by atoms with Gasteiger partial charge in [-0.2, -0.15) is 0 Å². The first kappa shape index (κ1) is 11.3. The molecular weight excluding hydrogens is 192 g/mol. The van der Waals surface area contributed by atoms with Crippen LogP contribution in [0.1, 0.15) is 13.3 Å². The van der Waals surface area contributed by atoms with Crippen molar-refractivity contribution in [1.82, 2.24) is 10.2 Å². The molecule has 2 rings (SSSR count). The predicted molar refractivity (Wildman–Crippen MR) is 59.1 cm³/mol. The van der Waals surface area contributed by atoms with Gasteiger partial charge in [0.1, 0.15) is 0 Å². The summed E-state index contributed by atoms with van der Waals surface area (Å²) in [6, 6.07) is 0.499. The zero-order chi connectivity index (χ0) is 10.5. The van der Waals surface area contributed by atoms with Gasteiger partial charge in [-0.25, -0.2) is 0 Å². The molecule has 0 saturated carbocycles. The van der Waals surface area contributed by atoms with Crippen molar-refractivity contribution < 1.29 is 9.47 Å². The van der Waals surface area contributed by atoms with Gasteiger partial charge in [-0.05, 0) is 13.3 Å². The van der Waals surface area contributed by atoms with E-state index in [0.717, 1.165) is 52.4 Å². The second-order valence-corrected chi connectivity index (χ2v) is 4.52. The van der Waals surface area contributed by atoms with E-state index >= 15 is 0 Å². The Labute approximate surface area is 91.9 Å². The fourth-order valence-electron chi connectivity index (χ4n) is 2.14. The van der Waals surface area contributed by atoms with Crippen LogP contribution >= 0.6 is 0 Å². The largest absolute Gasteiger partial charge is 0.380 e. The van der Waals surface area contributed by atoms with Crippen molar-refractivity contribution >= 4 is 0 Å². The predicted octanol–water partition coefficient (Wildman–Crippen LogP) is 0.0856. The minimum Gasteiger partial charge on any atom is -0.380 e. The maximum absolute atomic E-state index is 5.64. The lowest BCUT2D eigenvalue weighted by molar-refractivity contribution is 0.00655. The molecule has 15 heavy (non-hydrogen) atoms. The molecule has 0 bridgehead atoms. The highest BCUT2D eigenvalue weighted by atomic mass is 16.5. The average molecular weight is 214 g/mol. The van der Waals surface area contributed by atoms with Crippen LogP contribution in [-0.4, -0.2) is 63.0 Å². The van der Waals surface area contributed by atoms with Crippen LogP contribution in [-0.2, 0) is 9.47 Å². The van der Waals surface area contributed by atoms with Gasteiger partial charge >= 0.3 is 0 Å². The molecule has 2 atom stereocenters. The third kappa shape index (κ3) is 3.72. The van der Waals surface area contributed by atoms with Crippen molar-refractivity contribution in [1.29, 1.82) is 0 Å². The van der Waals surface area contributed by atoms with Crippen LogP contribution in [0.5, 0.6) is 0 Å². The van der Waals surface area contributed by atoms with Crippen LogP contribution in [0, 0.1) is 0 Å². The summed E-state index contributed by atoms with van der Waals surface area (Å²) in [5.74, 6) is 0. The molecule has 2 heterocycles. The van der Waals surface area contributed by atoms with Crippen molar-refractivity contribution in [2.45, 2.75) is 25.5 Å². The number of ether oxygens (including phenoxy) is 2. The molecule has 4 heteroatoms. The quantitative estimate of drug-likeness (QED) is 0.706. The maximum Gasteiger partial charge on any atom is 0.0672 e. The molecule has 2 unspecified atom stereocenters. The molecular formula is C11H22N2O2. The minimum atomic E-state index is 0.369. The fraction of sp³-hybridized carbons (Fsp3) is 1.00. The Hall–Kier alpha value is -0.160. The first-order valence-corrected chi connectivity index (χ1v) is 5.99. The number of morpholine rings is 1. The molecule has 1 N–H and O–H groups in total. The molecule has 0 aromatic heterocycles. The van der Waals surface area contributed by atoms with Crippen LogP contribution in [0.2, 0.25) is 0 Å². The van der Waals surface area contributed by atoms with Gasteiger partial charge in [0.15, 0.2) is 0 Å². The summed E-state index contributed by atoms with van der Waals surface area (Å²) in [5, 5.41) is 3.53. The SMILES string of the molecule is CC1CNC(CN2CCCOCC2)CO1. The highest BCUT2D eigenvalue weighted by Gasteiger charge is 2.20. The van der Waals surface area contributed by atoms with Gasteiger partial charge in [-0.3, -0.25) is 4.90 Å². The molecule has 0 aromatic rings. The van der Waals surface area contributed by atoms with E-state index in [0.29, 0.717) is 12.1 Å². The third-order valence-electron chi connectivity index (χ3n) is 3.07. The van der Waals surface area contributed by atoms with E-state index in [2.05, 4.69) is 17.1 Å². The van der Waals surface area contributed by atoms with Crippen LogP contribution in [0.15, 0.2) is 0 Å². The number of rotatable bonds is 2. The van der Waals surface area contributed by atoms with E-state index in [1.807, 2.05) is 0 Å². The molecule has 0 aromatic carbocycles. The summed E-state index contributed by atoms with van der Waals surface area (Å²) in [6.45, 7) is 9.06. The highest BCUT2D eigenvalue weighted by molar-refractivity contribution is 4.78. The van der Waals surface area contributed by atoms with E-state index in [4.69, 9.17) is 9.47 Å². The number of nitrogens with one attached hydrogen (secondary N) is 1. The normalized spacial score (nSPS) is 35.0. The molecule has 2 aliphatic heterocycles. The molecule has 2 saturated heterocycles. The monoisotopic (exact) mass is 214 g/mol. The van der Waals surface area contributed by atoms with Gasteiger partial charge in [0, 0.05) is 38.8 Å². The van der Waals surface area contributed by atoms with Crippen molar-refractivity contribution in [3.05, 3.63) is 0 Å². The van der Waals surface area contributed by atoms with Crippen LogP contribution in [0.4, 0.5) is 0 Å². The Morgan fingerprint density at radius 2 is 2.27 bits per heavy atom. The summed E-state index contributed by atoms with van der Waals surface area (Å²) >= 11 is 0. The van der Waals surface area contributed by atoms with Gasteiger partial charge in [0.05, 0.1) is 19.3 Å². The van der Waals surface area contributed by atoms with Crippen molar-refractivity contribution in [3.63, 3.8) is 0 Å². The Morgan fingerprint density at radius 1 is 1.33 bits per heavy atom. The molecule has 0 radical (unpaired) electrons. The molecule has 0 amide bonds. The van der Waals surface area contributed by atoms with Crippen molar-refractivity contribution in [3.8, 4) is 0 Å². The average Bonchev–Trinajstić information content (AvgIpc) is 2.50. The van der Waals surface area contributed by atoms with Crippen molar-refractivity contribution in [2.24, 2.45) is 0 Å². The van der Waals surface area contributed by atoms with Gasteiger partial charge < -0.3 is 14.8 Å². The third-order valence-corrected chi connectivity index (χ3v) is 3.07. The molecule has 4 nitrogen and oxygen atoms in total. The lowest BCUT2D eigenvalue weighted by Gasteiger charge is -2.32. The highest BCUT2D eigenvalue weighted by Crippen LogP contribution is 2.05. The molecule has 2 fully saturated rings. The lowest BCUT2D eigenvalue weighted by atomic mass is 10.2. The molecule has 0 spiro atoms. The summed E-state index contributed by atoms with van der Waals surface area (Å²) in [5.41, 5.74) is 0.